The number of nitrogens with zero attached hydrogens (tertiary/aromatic N) is 2. The monoisotopic (exact) mass is 551 g/mol. The number of rotatable bonds is 10. The minimum atomic E-state index is -4.13. The number of carbonyl (C=O) groups excluding carboxylic acids is 2. The normalized spacial score (nSPS) is 14.5. The zero-order valence-electron chi connectivity index (χ0n) is 22.2. The maximum atomic E-state index is 14.6. The van der Waals surface area contributed by atoms with E-state index in [4.69, 9.17) is 0 Å². The van der Waals surface area contributed by atoms with Crippen molar-refractivity contribution >= 4 is 27.5 Å². The number of aryl methyl sites for hydroxylation is 1. The second kappa shape index (κ2) is 12.4. The third-order valence-corrected chi connectivity index (χ3v) is 8.86. The van der Waals surface area contributed by atoms with Crippen molar-refractivity contribution in [2.75, 3.05) is 10.8 Å². The van der Waals surface area contributed by atoms with Gasteiger partial charge in [0, 0.05) is 18.2 Å². The zero-order chi connectivity index (χ0) is 28.0. The van der Waals surface area contributed by atoms with Crippen molar-refractivity contribution in [2.45, 2.75) is 63.1 Å². The van der Waals surface area contributed by atoms with E-state index in [2.05, 4.69) is 5.32 Å². The van der Waals surface area contributed by atoms with Crippen molar-refractivity contribution in [1.29, 1.82) is 0 Å². The summed E-state index contributed by atoms with van der Waals surface area (Å²) in [5.41, 5.74) is 1.38. The predicted molar refractivity (Wildman–Crippen MR) is 149 cm³/mol. The standard InChI is InChI=1S/C30H34FN3O4S/c1-22-11-10-15-26(19-22)34(39(37,38)27-16-4-3-5-17-27)21-29(35)33(20-24-12-6-9-18-28(24)31)23(2)30(36)32-25-13-7-8-14-25/h3-6,9-12,15-19,23,25H,7-8,13-14,20-21H2,1-2H3,(H,32,36)/t23-/m1/s1. The molecule has 1 saturated carbocycles. The van der Waals surface area contributed by atoms with E-state index in [1.165, 1.54) is 23.1 Å². The molecule has 1 aliphatic carbocycles. The molecule has 0 aromatic heterocycles. The van der Waals surface area contributed by atoms with Crippen LogP contribution in [0.2, 0.25) is 0 Å². The van der Waals surface area contributed by atoms with Gasteiger partial charge in [0.15, 0.2) is 0 Å². The minimum absolute atomic E-state index is 0.0342. The lowest BCUT2D eigenvalue weighted by molar-refractivity contribution is -0.139. The van der Waals surface area contributed by atoms with Crippen molar-refractivity contribution in [3.8, 4) is 0 Å². The first-order chi connectivity index (χ1) is 18.7. The van der Waals surface area contributed by atoms with Gasteiger partial charge in [-0.25, -0.2) is 12.8 Å². The van der Waals surface area contributed by atoms with Gasteiger partial charge in [0.1, 0.15) is 18.4 Å². The Morgan fingerprint density at radius 1 is 0.974 bits per heavy atom. The van der Waals surface area contributed by atoms with Gasteiger partial charge in [0.25, 0.3) is 10.0 Å². The van der Waals surface area contributed by atoms with Gasteiger partial charge >= 0.3 is 0 Å². The number of sulfonamides is 1. The molecule has 0 bridgehead atoms. The van der Waals surface area contributed by atoms with Gasteiger partial charge in [0.2, 0.25) is 11.8 Å². The second-order valence-corrected chi connectivity index (χ2v) is 11.8. The van der Waals surface area contributed by atoms with E-state index >= 15 is 0 Å². The third kappa shape index (κ3) is 6.84. The number of amides is 2. The molecule has 1 N–H and O–H groups in total. The molecule has 0 radical (unpaired) electrons. The summed E-state index contributed by atoms with van der Waals surface area (Å²) in [7, 11) is -4.13. The average Bonchev–Trinajstić information content (AvgIpc) is 3.44. The summed E-state index contributed by atoms with van der Waals surface area (Å²) in [5.74, 6) is -1.47. The summed E-state index contributed by atoms with van der Waals surface area (Å²) in [6.45, 7) is 2.68. The predicted octanol–water partition coefficient (Wildman–Crippen LogP) is 4.81. The largest absolute Gasteiger partial charge is 0.352 e. The number of hydrogen-bond donors (Lipinski definition) is 1. The van der Waals surface area contributed by atoms with Crippen LogP contribution in [0.3, 0.4) is 0 Å². The maximum Gasteiger partial charge on any atom is 0.264 e. The van der Waals surface area contributed by atoms with Gasteiger partial charge in [-0.1, -0.05) is 61.4 Å². The van der Waals surface area contributed by atoms with E-state index in [1.807, 2.05) is 13.0 Å². The summed E-state index contributed by atoms with van der Waals surface area (Å²) in [6, 6.07) is 19.9. The first kappa shape index (κ1) is 28.3. The molecule has 39 heavy (non-hydrogen) atoms. The molecule has 7 nitrogen and oxygen atoms in total. The maximum absolute atomic E-state index is 14.6. The summed E-state index contributed by atoms with van der Waals surface area (Å²) in [5, 5.41) is 3.00. The van der Waals surface area contributed by atoms with Crippen LogP contribution in [0.1, 0.15) is 43.7 Å². The van der Waals surface area contributed by atoms with Gasteiger partial charge in [-0.2, -0.15) is 0 Å². The fourth-order valence-electron chi connectivity index (χ4n) is 4.82. The van der Waals surface area contributed by atoms with Gasteiger partial charge in [-0.15, -0.1) is 0 Å². The Morgan fingerprint density at radius 3 is 2.31 bits per heavy atom. The van der Waals surface area contributed by atoms with Crippen LogP contribution in [0, 0.1) is 12.7 Å². The average molecular weight is 552 g/mol. The van der Waals surface area contributed by atoms with E-state index < -0.39 is 34.3 Å². The zero-order valence-corrected chi connectivity index (χ0v) is 23.0. The Kier molecular flexibility index (Phi) is 9.01. The minimum Gasteiger partial charge on any atom is -0.352 e. The van der Waals surface area contributed by atoms with Crippen LogP contribution in [-0.4, -0.2) is 43.8 Å². The molecule has 0 heterocycles. The van der Waals surface area contributed by atoms with Crippen molar-refractivity contribution in [2.24, 2.45) is 0 Å². The molecule has 0 aliphatic heterocycles. The SMILES string of the molecule is Cc1cccc(N(CC(=O)N(Cc2ccccc2F)[C@H](C)C(=O)NC2CCCC2)S(=O)(=O)c2ccccc2)c1. The smallest absolute Gasteiger partial charge is 0.264 e. The summed E-state index contributed by atoms with van der Waals surface area (Å²) in [4.78, 5) is 28.4. The van der Waals surface area contributed by atoms with E-state index in [-0.39, 0.29) is 29.0 Å². The summed E-state index contributed by atoms with van der Waals surface area (Å²) in [6.07, 6.45) is 3.80. The van der Waals surface area contributed by atoms with Crippen LogP contribution in [0.5, 0.6) is 0 Å². The number of carbonyl (C=O) groups is 2. The van der Waals surface area contributed by atoms with E-state index in [0.29, 0.717) is 5.69 Å². The number of hydrogen-bond acceptors (Lipinski definition) is 4. The highest BCUT2D eigenvalue weighted by Gasteiger charge is 2.33. The van der Waals surface area contributed by atoms with Crippen LogP contribution in [0.15, 0.2) is 83.8 Å². The number of halogens is 1. The second-order valence-electron chi connectivity index (χ2n) is 9.94. The molecule has 2 amide bonds. The Labute approximate surface area is 229 Å². The highest BCUT2D eigenvalue weighted by molar-refractivity contribution is 7.92. The first-order valence-corrected chi connectivity index (χ1v) is 14.6. The fourth-order valence-corrected chi connectivity index (χ4v) is 6.24. The molecule has 9 heteroatoms. The molecule has 1 aliphatic rings. The van der Waals surface area contributed by atoms with Crippen molar-refractivity contribution in [3.63, 3.8) is 0 Å². The molecular weight excluding hydrogens is 517 g/mol. The fraction of sp³-hybridized carbons (Fsp3) is 0.333. The number of nitrogens with one attached hydrogen (secondary N) is 1. The molecule has 3 aromatic carbocycles. The van der Waals surface area contributed by atoms with E-state index in [9.17, 15) is 22.4 Å². The summed E-state index contributed by atoms with van der Waals surface area (Å²) >= 11 is 0. The molecule has 3 aromatic rings. The van der Waals surface area contributed by atoms with Gasteiger partial charge in [0.05, 0.1) is 10.6 Å². The molecule has 1 fully saturated rings. The Bertz CT molecular complexity index is 1410. The van der Waals surface area contributed by atoms with Crippen molar-refractivity contribution in [3.05, 3.63) is 95.8 Å². The number of anilines is 1. The van der Waals surface area contributed by atoms with Gasteiger partial charge < -0.3 is 10.2 Å². The van der Waals surface area contributed by atoms with Gasteiger partial charge in [-0.05, 0) is 62.6 Å². The van der Waals surface area contributed by atoms with Crippen LogP contribution in [0.25, 0.3) is 0 Å². The Balaban J connectivity index is 1.69. The quantitative estimate of drug-likeness (QED) is 0.392. The first-order valence-electron chi connectivity index (χ1n) is 13.1. The Hall–Kier alpha value is -3.72. The molecule has 0 spiro atoms. The molecular formula is C30H34FN3O4S. The van der Waals surface area contributed by atoms with E-state index in [1.54, 1.807) is 61.5 Å². The molecule has 0 saturated heterocycles. The van der Waals surface area contributed by atoms with Crippen molar-refractivity contribution < 1.29 is 22.4 Å². The van der Waals surface area contributed by atoms with Crippen molar-refractivity contribution in [1.82, 2.24) is 10.2 Å². The van der Waals surface area contributed by atoms with Crippen LogP contribution in [0.4, 0.5) is 10.1 Å². The highest BCUT2D eigenvalue weighted by Crippen LogP contribution is 2.26. The lowest BCUT2D eigenvalue weighted by atomic mass is 10.1. The van der Waals surface area contributed by atoms with Gasteiger partial charge in [-0.3, -0.25) is 13.9 Å². The topological polar surface area (TPSA) is 86.8 Å². The Morgan fingerprint density at radius 2 is 1.64 bits per heavy atom. The lowest BCUT2D eigenvalue weighted by Crippen LogP contribution is -2.52. The highest BCUT2D eigenvalue weighted by atomic mass is 32.2. The van der Waals surface area contributed by atoms with Crippen LogP contribution < -0.4 is 9.62 Å². The molecule has 206 valence electrons. The lowest BCUT2D eigenvalue weighted by Gasteiger charge is -2.32. The van der Waals surface area contributed by atoms with Crippen LogP contribution in [-0.2, 0) is 26.2 Å². The summed E-state index contributed by atoms with van der Waals surface area (Å²) < 4.78 is 43.2. The van der Waals surface area contributed by atoms with E-state index in [0.717, 1.165) is 35.6 Å². The van der Waals surface area contributed by atoms with Crippen LogP contribution >= 0.6 is 0 Å². The third-order valence-electron chi connectivity index (χ3n) is 7.07. The number of benzene rings is 3. The molecule has 0 unspecified atom stereocenters. The molecule has 4 rings (SSSR count). The molecule has 1 atom stereocenters.